The van der Waals surface area contributed by atoms with Crippen LogP contribution in [0.4, 0.5) is 0 Å². The van der Waals surface area contributed by atoms with Crippen molar-refractivity contribution in [1.29, 1.82) is 0 Å². The van der Waals surface area contributed by atoms with Crippen LogP contribution in [0.2, 0.25) is 5.02 Å². The molecular weight excluding hydrogens is 407 g/mol. The molecule has 5 nitrogen and oxygen atoms in total. The average molecular weight is 433 g/mol. The standard InChI is InChI=1S/C22H25ClN4O.ClH/c1-22(2,3)27-14-17(20(26-27)16-11-7-8-12-18(16)23)21(28)25-13-19(24)15-9-5-4-6-10-15;/h4-12,14,19H,13,24H2,1-3H3,(H,25,28);1H. The molecule has 0 bridgehead atoms. The summed E-state index contributed by atoms with van der Waals surface area (Å²) in [7, 11) is 0. The predicted molar refractivity (Wildman–Crippen MR) is 121 cm³/mol. The molecule has 2 aromatic carbocycles. The molecule has 7 heteroatoms. The number of hydrogen-bond acceptors (Lipinski definition) is 3. The van der Waals surface area contributed by atoms with E-state index in [0.717, 1.165) is 11.1 Å². The normalized spacial score (nSPS) is 12.2. The molecule has 0 saturated carbocycles. The fourth-order valence-electron chi connectivity index (χ4n) is 2.85. The quantitative estimate of drug-likeness (QED) is 0.607. The van der Waals surface area contributed by atoms with Crippen molar-refractivity contribution in [3.63, 3.8) is 0 Å². The lowest BCUT2D eigenvalue weighted by atomic mass is 10.1. The van der Waals surface area contributed by atoms with E-state index in [1.807, 2.05) is 69.3 Å². The van der Waals surface area contributed by atoms with Gasteiger partial charge >= 0.3 is 0 Å². The summed E-state index contributed by atoms with van der Waals surface area (Å²) in [5, 5.41) is 8.14. The number of halogens is 2. The highest BCUT2D eigenvalue weighted by molar-refractivity contribution is 6.33. The lowest BCUT2D eigenvalue weighted by Gasteiger charge is -2.18. The molecular formula is C22H26Cl2N4O. The second-order valence-electron chi connectivity index (χ2n) is 7.71. The number of aromatic nitrogens is 2. The summed E-state index contributed by atoms with van der Waals surface area (Å²) < 4.78 is 1.79. The third kappa shape index (κ3) is 5.38. The molecule has 0 aliphatic rings. The van der Waals surface area contributed by atoms with Crippen molar-refractivity contribution in [2.45, 2.75) is 32.4 Å². The Labute approximate surface area is 182 Å². The van der Waals surface area contributed by atoms with Gasteiger partial charge in [-0.05, 0) is 32.4 Å². The van der Waals surface area contributed by atoms with Gasteiger partial charge in [0.15, 0.2) is 0 Å². The number of nitrogens with one attached hydrogen (secondary N) is 1. The van der Waals surface area contributed by atoms with E-state index >= 15 is 0 Å². The first kappa shape index (κ1) is 22.9. The van der Waals surface area contributed by atoms with Crippen molar-refractivity contribution in [1.82, 2.24) is 15.1 Å². The number of carbonyl (C=O) groups is 1. The topological polar surface area (TPSA) is 72.9 Å². The van der Waals surface area contributed by atoms with Gasteiger partial charge in [0.1, 0.15) is 5.69 Å². The van der Waals surface area contributed by atoms with Crippen LogP contribution in [0.1, 0.15) is 42.7 Å². The lowest BCUT2D eigenvalue weighted by molar-refractivity contribution is 0.0951. The molecule has 1 heterocycles. The van der Waals surface area contributed by atoms with Gasteiger partial charge in [0, 0.05) is 24.3 Å². The van der Waals surface area contributed by atoms with Crippen molar-refractivity contribution in [3.05, 3.63) is 76.9 Å². The van der Waals surface area contributed by atoms with Gasteiger partial charge in [-0.2, -0.15) is 5.10 Å². The van der Waals surface area contributed by atoms with Crippen LogP contribution in [0.15, 0.2) is 60.8 Å². The van der Waals surface area contributed by atoms with E-state index in [2.05, 4.69) is 10.4 Å². The number of nitrogens with zero attached hydrogens (tertiary/aromatic N) is 2. The number of carbonyl (C=O) groups excluding carboxylic acids is 1. The van der Waals surface area contributed by atoms with E-state index in [-0.39, 0.29) is 29.9 Å². The maximum atomic E-state index is 13.0. The summed E-state index contributed by atoms with van der Waals surface area (Å²) in [5.74, 6) is -0.225. The first-order valence-electron chi connectivity index (χ1n) is 9.21. The predicted octanol–water partition coefficient (Wildman–Crippen LogP) is 4.81. The Morgan fingerprint density at radius 2 is 1.76 bits per heavy atom. The number of hydrogen-bond donors (Lipinski definition) is 2. The Morgan fingerprint density at radius 1 is 1.14 bits per heavy atom. The van der Waals surface area contributed by atoms with Gasteiger partial charge in [-0.15, -0.1) is 12.4 Å². The molecule has 1 aromatic heterocycles. The molecule has 154 valence electrons. The molecule has 0 saturated heterocycles. The van der Waals surface area contributed by atoms with E-state index in [0.29, 0.717) is 22.8 Å². The van der Waals surface area contributed by atoms with Crippen molar-refractivity contribution in [2.75, 3.05) is 6.54 Å². The largest absolute Gasteiger partial charge is 0.350 e. The molecule has 0 spiro atoms. The highest BCUT2D eigenvalue weighted by Gasteiger charge is 2.24. The van der Waals surface area contributed by atoms with Gasteiger partial charge in [0.2, 0.25) is 0 Å². The molecule has 29 heavy (non-hydrogen) atoms. The van der Waals surface area contributed by atoms with Crippen LogP contribution in [0, 0.1) is 0 Å². The summed E-state index contributed by atoms with van der Waals surface area (Å²) in [6.07, 6.45) is 1.77. The van der Waals surface area contributed by atoms with Crippen LogP contribution in [-0.2, 0) is 5.54 Å². The second-order valence-corrected chi connectivity index (χ2v) is 8.12. The zero-order valence-electron chi connectivity index (χ0n) is 16.7. The van der Waals surface area contributed by atoms with Crippen molar-refractivity contribution in [3.8, 4) is 11.3 Å². The van der Waals surface area contributed by atoms with Gasteiger partial charge in [0.25, 0.3) is 5.91 Å². The fraction of sp³-hybridized carbons (Fsp3) is 0.273. The first-order chi connectivity index (χ1) is 13.3. The molecule has 0 aliphatic heterocycles. The first-order valence-corrected chi connectivity index (χ1v) is 9.59. The minimum absolute atomic E-state index is 0. The highest BCUT2D eigenvalue weighted by atomic mass is 35.5. The molecule has 1 unspecified atom stereocenters. The molecule has 1 amide bonds. The third-order valence-corrected chi connectivity index (χ3v) is 4.81. The minimum atomic E-state index is -0.286. The van der Waals surface area contributed by atoms with Crippen LogP contribution in [0.5, 0.6) is 0 Å². The molecule has 0 fully saturated rings. The Morgan fingerprint density at radius 3 is 2.38 bits per heavy atom. The van der Waals surface area contributed by atoms with E-state index < -0.39 is 0 Å². The second kappa shape index (κ2) is 9.44. The van der Waals surface area contributed by atoms with Crippen molar-refractivity contribution < 1.29 is 4.79 Å². The maximum absolute atomic E-state index is 13.0. The van der Waals surface area contributed by atoms with Crippen molar-refractivity contribution >= 4 is 29.9 Å². The van der Waals surface area contributed by atoms with Crippen LogP contribution in [-0.4, -0.2) is 22.2 Å². The Kier molecular flexibility index (Phi) is 7.47. The number of rotatable bonds is 5. The summed E-state index contributed by atoms with van der Waals surface area (Å²) >= 11 is 6.37. The zero-order valence-corrected chi connectivity index (χ0v) is 18.3. The lowest BCUT2D eigenvalue weighted by Crippen LogP contribution is -2.32. The minimum Gasteiger partial charge on any atom is -0.350 e. The molecule has 3 rings (SSSR count). The molecule has 1 atom stereocenters. The van der Waals surface area contributed by atoms with Crippen LogP contribution < -0.4 is 11.1 Å². The number of benzene rings is 2. The van der Waals surface area contributed by atoms with E-state index in [1.54, 1.807) is 16.9 Å². The molecule has 3 aromatic rings. The van der Waals surface area contributed by atoms with Gasteiger partial charge in [-0.25, -0.2) is 0 Å². The third-order valence-electron chi connectivity index (χ3n) is 4.49. The monoisotopic (exact) mass is 432 g/mol. The fourth-order valence-corrected chi connectivity index (χ4v) is 3.08. The maximum Gasteiger partial charge on any atom is 0.255 e. The Hall–Kier alpha value is -2.34. The highest BCUT2D eigenvalue weighted by Crippen LogP contribution is 2.30. The van der Waals surface area contributed by atoms with Crippen molar-refractivity contribution in [2.24, 2.45) is 5.73 Å². The van der Waals surface area contributed by atoms with Gasteiger partial charge in [0.05, 0.1) is 16.1 Å². The average Bonchev–Trinajstić information content (AvgIpc) is 3.12. The Bertz CT molecular complexity index is 964. The van der Waals surface area contributed by atoms with Gasteiger partial charge < -0.3 is 11.1 Å². The zero-order chi connectivity index (χ0) is 20.3. The Balaban J connectivity index is 0.00000300. The number of nitrogens with two attached hydrogens (primary N) is 1. The summed E-state index contributed by atoms with van der Waals surface area (Å²) in [5.41, 5.74) is 8.68. The van der Waals surface area contributed by atoms with E-state index in [4.69, 9.17) is 17.3 Å². The van der Waals surface area contributed by atoms with Crippen LogP contribution in [0.25, 0.3) is 11.3 Å². The summed E-state index contributed by atoms with van der Waals surface area (Å²) in [4.78, 5) is 13.0. The molecule has 3 N–H and O–H groups in total. The number of amides is 1. The SMILES string of the molecule is CC(C)(C)n1cc(C(=O)NCC(N)c2ccccc2)c(-c2ccccc2Cl)n1.Cl. The van der Waals surface area contributed by atoms with Gasteiger partial charge in [-0.3, -0.25) is 9.48 Å². The van der Waals surface area contributed by atoms with E-state index in [1.165, 1.54) is 0 Å². The summed E-state index contributed by atoms with van der Waals surface area (Å²) in [6.45, 7) is 6.42. The van der Waals surface area contributed by atoms with Gasteiger partial charge in [-0.1, -0.05) is 60.1 Å². The van der Waals surface area contributed by atoms with Crippen LogP contribution >= 0.6 is 24.0 Å². The molecule has 0 aliphatic carbocycles. The van der Waals surface area contributed by atoms with E-state index in [9.17, 15) is 4.79 Å². The van der Waals surface area contributed by atoms with Crippen LogP contribution in [0.3, 0.4) is 0 Å². The smallest absolute Gasteiger partial charge is 0.255 e. The molecule has 0 radical (unpaired) electrons. The summed E-state index contributed by atoms with van der Waals surface area (Å²) in [6, 6.07) is 16.8.